The van der Waals surface area contributed by atoms with Crippen molar-refractivity contribution in [3.05, 3.63) is 0 Å². The molecule has 3 aliphatic carbocycles. The van der Waals surface area contributed by atoms with Gasteiger partial charge in [0.05, 0.1) is 13.2 Å². The van der Waals surface area contributed by atoms with E-state index in [1.165, 1.54) is 44.9 Å². The molecule has 3 saturated carbocycles. The molecule has 1 heteroatoms. The van der Waals surface area contributed by atoms with Crippen molar-refractivity contribution >= 4 is 0 Å². The number of hydrogen-bond acceptors (Lipinski definition) is 1. The summed E-state index contributed by atoms with van der Waals surface area (Å²) in [4.78, 5) is 0. The highest BCUT2D eigenvalue weighted by Gasteiger charge is 2.51. The van der Waals surface area contributed by atoms with Crippen LogP contribution in [-0.4, -0.2) is 13.2 Å². The van der Waals surface area contributed by atoms with Gasteiger partial charge in [0, 0.05) is 5.41 Å². The molecule has 0 aromatic rings. The molecule has 4 fully saturated rings. The standard InChI is InChI=1S/C23H40O/c1-17(2)20-7-6-9-22(14-20)12-19(13-22)11-18(3)21-8-4-5-10-23(21)15-24-16-23/h17-21H,4-16H2,1-3H3. The molecule has 3 unspecified atom stereocenters. The van der Waals surface area contributed by atoms with Gasteiger partial charge in [-0.2, -0.15) is 0 Å². The van der Waals surface area contributed by atoms with Crippen LogP contribution in [0.2, 0.25) is 0 Å². The van der Waals surface area contributed by atoms with Crippen molar-refractivity contribution in [3.63, 3.8) is 0 Å². The highest BCUT2D eigenvalue weighted by molar-refractivity contribution is 5.00. The first kappa shape index (κ1) is 17.4. The van der Waals surface area contributed by atoms with E-state index >= 15 is 0 Å². The Morgan fingerprint density at radius 2 is 1.71 bits per heavy atom. The normalized spacial score (nSPS) is 42.8. The molecule has 138 valence electrons. The Labute approximate surface area is 150 Å². The third-order valence-corrected chi connectivity index (χ3v) is 8.76. The molecule has 0 aromatic carbocycles. The summed E-state index contributed by atoms with van der Waals surface area (Å²) in [5, 5.41) is 0. The number of rotatable bonds is 4. The van der Waals surface area contributed by atoms with Gasteiger partial charge in [-0.1, -0.05) is 46.5 Å². The van der Waals surface area contributed by atoms with Crippen molar-refractivity contribution in [1.29, 1.82) is 0 Å². The van der Waals surface area contributed by atoms with Crippen molar-refractivity contribution in [2.75, 3.05) is 13.2 Å². The van der Waals surface area contributed by atoms with Crippen LogP contribution in [0, 0.1) is 40.4 Å². The van der Waals surface area contributed by atoms with Gasteiger partial charge in [-0.15, -0.1) is 0 Å². The van der Waals surface area contributed by atoms with E-state index in [1.54, 1.807) is 25.7 Å². The van der Waals surface area contributed by atoms with Gasteiger partial charge in [-0.3, -0.25) is 0 Å². The number of hydrogen-bond donors (Lipinski definition) is 0. The van der Waals surface area contributed by atoms with E-state index < -0.39 is 0 Å². The summed E-state index contributed by atoms with van der Waals surface area (Å²) < 4.78 is 5.67. The molecule has 1 heterocycles. The molecule has 0 amide bonds. The maximum Gasteiger partial charge on any atom is 0.0547 e. The maximum absolute atomic E-state index is 5.67. The topological polar surface area (TPSA) is 9.23 Å². The van der Waals surface area contributed by atoms with E-state index in [2.05, 4.69) is 20.8 Å². The van der Waals surface area contributed by atoms with Gasteiger partial charge in [0.1, 0.15) is 0 Å². The molecular weight excluding hydrogens is 292 g/mol. The zero-order valence-corrected chi connectivity index (χ0v) is 16.5. The maximum atomic E-state index is 5.67. The smallest absolute Gasteiger partial charge is 0.0547 e. The lowest BCUT2D eigenvalue weighted by Gasteiger charge is -2.56. The monoisotopic (exact) mass is 332 g/mol. The summed E-state index contributed by atoms with van der Waals surface area (Å²) >= 11 is 0. The lowest BCUT2D eigenvalue weighted by molar-refractivity contribution is -0.176. The minimum Gasteiger partial charge on any atom is -0.380 e. The quantitative estimate of drug-likeness (QED) is 0.574. The summed E-state index contributed by atoms with van der Waals surface area (Å²) in [6.07, 6.45) is 16.6. The Hall–Kier alpha value is -0.0400. The highest BCUT2D eigenvalue weighted by atomic mass is 16.5. The predicted octanol–water partition coefficient (Wildman–Crippen LogP) is 6.46. The van der Waals surface area contributed by atoms with Crippen molar-refractivity contribution < 1.29 is 4.74 Å². The van der Waals surface area contributed by atoms with Gasteiger partial charge in [0.25, 0.3) is 0 Å². The minimum atomic E-state index is 0.604. The van der Waals surface area contributed by atoms with Crippen LogP contribution in [0.25, 0.3) is 0 Å². The second kappa shape index (κ2) is 6.60. The van der Waals surface area contributed by atoms with Crippen LogP contribution in [0.1, 0.15) is 91.4 Å². The summed E-state index contributed by atoms with van der Waals surface area (Å²) in [5.74, 6) is 4.87. The van der Waals surface area contributed by atoms with E-state index in [4.69, 9.17) is 4.74 Å². The van der Waals surface area contributed by atoms with E-state index in [0.29, 0.717) is 5.41 Å². The summed E-state index contributed by atoms with van der Waals surface area (Å²) in [7, 11) is 0. The van der Waals surface area contributed by atoms with E-state index in [1.807, 2.05) is 0 Å². The molecular formula is C23H40O. The van der Waals surface area contributed by atoms with Crippen molar-refractivity contribution in [1.82, 2.24) is 0 Å². The van der Waals surface area contributed by atoms with Crippen LogP contribution in [0.3, 0.4) is 0 Å². The van der Waals surface area contributed by atoms with E-state index in [0.717, 1.165) is 48.2 Å². The molecule has 0 aromatic heterocycles. The highest BCUT2D eigenvalue weighted by Crippen LogP contribution is 2.60. The van der Waals surface area contributed by atoms with Crippen LogP contribution >= 0.6 is 0 Å². The van der Waals surface area contributed by atoms with Gasteiger partial charge in [0.2, 0.25) is 0 Å². The first-order chi connectivity index (χ1) is 11.5. The molecule has 24 heavy (non-hydrogen) atoms. The van der Waals surface area contributed by atoms with Crippen LogP contribution in [0.4, 0.5) is 0 Å². The van der Waals surface area contributed by atoms with Crippen LogP contribution < -0.4 is 0 Å². The SMILES string of the molecule is CC(C)C1CCCC2(CC(CC(C)C3CCCCC34COC4)C2)C1. The average molecular weight is 333 g/mol. The third-order valence-electron chi connectivity index (χ3n) is 8.76. The molecule has 0 N–H and O–H groups in total. The van der Waals surface area contributed by atoms with E-state index in [9.17, 15) is 0 Å². The van der Waals surface area contributed by atoms with Crippen molar-refractivity contribution in [2.24, 2.45) is 40.4 Å². The second-order valence-corrected chi connectivity index (χ2v) is 10.8. The largest absolute Gasteiger partial charge is 0.380 e. The molecule has 1 saturated heterocycles. The Morgan fingerprint density at radius 1 is 0.917 bits per heavy atom. The molecule has 4 aliphatic rings. The molecule has 1 nitrogen and oxygen atoms in total. The van der Waals surface area contributed by atoms with Crippen molar-refractivity contribution in [2.45, 2.75) is 91.4 Å². The summed E-state index contributed by atoms with van der Waals surface area (Å²) in [6.45, 7) is 9.63. The molecule has 2 spiro atoms. The first-order valence-corrected chi connectivity index (χ1v) is 11.1. The Morgan fingerprint density at radius 3 is 2.38 bits per heavy atom. The van der Waals surface area contributed by atoms with Gasteiger partial charge >= 0.3 is 0 Å². The number of ether oxygens (including phenoxy) is 1. The summed E-state index contributed by atoms with van der Waals surface area (Å²) in [5.41, 5.74) is 1.38. The average Bonchev–Trinajstić information content (AvgIpc) is 2.52. The molecule has 3 atom stereocenters. The second-order valence-electron chi connectivity index (χ2n) is 10.8. The zero-order valence-electron chi connectivity index (χ0n) is 16.5. The Bertz CT molecular complexity index is 429. The molecule has 0 bridgehead atoms. The fourth-order valence-electron chi connectivity index (χ4n) is 7.40. The van der Waals surface area contributed by atoms with Gasteiger partial charge in [0.15, 0.2) is 0 Å². The fraction of sp³-hybridized carbons (Fsp3) is 1.00. The lowest BCUT2D eigenvalue weighted by Crippen LogP contribution is -2.52. The fourth-order valence-corrected chi connectivity index (χ4v) is 7.40. The van der Waals surface area contributed by atoms with Crippen LogP contribution in [0.15, 0.2) is 0 Å². The van der Waals surface area contributed by atoms with Gasteiger partial charge in [-0.05, 0) is 80.0 Å². The van der Waals surface area contributed by atoms with Gasteiger partial charge < -0.3 is 4.74 Å². The zero-order chi connectivity index (χ0) is 16.8. The minimum absolute atomic E-state index is 0.604. The van der Waals surface area contributed by atoms with Gasteiger partial charge in [-0.25, -0.2) is 0 Å². The molecule has 4 rings (SSSR count). The lowest BCUT2D eigenvalue weighted by atomic mass is 9.51. The first-order valence-electron chi connectivity index (χ1n) is 11.1. The summed E-state index contributed by atoms with van der Waals surface area (Å²) in [6, 6.07) is 0. The van der Waals surface area contributed by atoms with E-state index in [-0.39, 0.29) is 0 Å². The van der Waals surface area contributed by atoms with Crippen LogP contribution in [-0.2, 0) is 4.74 Å². The molecule has 1 aliphatic heterocycles. The Balaban J connectivity index is 1.30. The van der Waals surface area contributed by atoms with Crippen LogP contribution in [0.5, 0.6) is 0 Å². The molecule has 0 radical (unpaired) electrons. The van der Waals surface area contributed by atoms with Crippen molar-refractivity contribution in [3.8, 4) is 0 Å². The predicted molar refractivity (Wildman–Crippen MR) is 101 cm³/mol. The third kappa shape index (κ3) is 3.08. The Kier molecular flexibility index (Phi) is 4.78.